The lowest BCUT2D eigenvalue weighted by molar-refractivity contribution is -0.385. The monoisotopic (exact) mass is 463 g/mol. The molecule has 1 saturated heterocycles. The summed E-state index contributed by atoms with van der Waals surface area (Å²) in [6.07, 6.45) is 0.649. The molecule has 0 saturated carbocycles. The van der Waals surface area contributed by atoms with Crippen LogP contribution in [-0.4, -0.2) is 50.9 Å². The van der Waals surface area contributed by atoms with E-state index in [1.165, 1.54) is 30.7 Å². The minimum atomic E-state index is -3.92. The summed E-state index contributed by atoms with van der Waals surface area (Å²) >= 11 is 0. The smallest absolute Gasteiger partial charge is 0.270 e. The van der Waals surface area contributed by atoms with Crippen molar-refractivity contribution in [3.63, 3.8) is 0 Å². The van der Waals surface area contributed by atoms with Crippen LogP contribution in [0.2, 0.25) is 0 Å². The van der Waals surface area contributed by atoms with Crippen molar-refractivity contribution in [2.45, 2.75) is 24.7 Å². The Kier molecular flexibility index (Phi) is 6.99. The molecule has 0 radical (unpaired) electrons. The highest BCUT2D eigenvalue weighted by atomic mass is 32.2. The lowest BCUT2D eigenvalue weighted by Crippen LogP contribution is -2.41. The number of non-ortho nitro benzene ring substituents is 1. The lowest BCUT2D eigenvalue weighted by Gasteiger charge is -2.31. The average Bonchev–Trinajstić information content (AvgIpc) is 2.79. The van der Waals surface area contributed by atoms with Gasteiger partial charge in [-0.1, -0.05) is 6.07 Å². The molecule has 10 nitrogen and oxygen atoms in total. The van der Waals surface area contributed by atoms with Crippen molar-refractivity contribution in [3.05, 3.63) is 52.1 Å². The fraction of sp³-hybridized carbons (Fsp3) is 0.381. The molecule has 0 atom stereocenters. The molecule has 172 valence electrons. The summed E-state index contributed by atoms with van der Waals surface area (Å²) < 4.78 is 37.9. The number of aryl methyl sites for hydroxylation is 1. The van der Waals surface area contributed by atoms with E-state index in [2.05, 4.69) is 5.32 Å². The van der Waals surface area contributed by atoms with Gasteiger partial charge in [0.1, 0.15) is 11.5 Å². The summed E-state index contributed by atoms with van der Waals surface area (Å²) in [6.45, 7) is 1.87. The van der Waals surface area contributed by atoms with E-state index in [0.717, 1.165) is 6.07 Å². The molecule has 1 fully saturated rings. The van der Waals surface area contributed by atoms with Crippen LogP contribution in [0.15, 0.2) is 41.3 Å². The van der Waals surface area contributed by atoms with Gasteiger partial charge in [-0.05, 0) is 37.5 Å². The molecule has 3 rings (SSSR count). The summed E-state index contributed by atoms with van der Waals surface area (Å²) in [5.41, 5.74) is 0.621. The van der Waals surface area contributed by atoms with Gasteiger partial charge in [0, 0.05) is 37.2 Å². The molecule has 2 aromatic carbocycles. The van der Waals surface area contributed by atoms with Gasteiger partial charge in [0.2, 0.25) is 15.9 Å². The van der Waals surface area contributed by atoms with Crippen LogP contribution in [0.5, 0.6) is 11.5 Å². The number of nitro groups is 1. The third-order valence-corrected chi connectivity index (χ3v) is 7.53. The van der Waals surface area contributed by atoms with Gasteiger partial charge < -0.3 is 14.8 Å². The number of ether oxygens (including phenoxy) is 2. The average molecular weight is 464 g/mol. The normalized spacial score (nSPS) is 15.2. The Balaban J connectivity index is 1.71. The first-order valence-electron chi connectivity index (χ1n) is 9.95. The second kappa shape index (κ2) is 9.53. The van der Waals surface area contributed by atoms with Gasteiger partial charge in [0.25, 0.3) is 5.69 Å². The van der Waals surface area contributed by atoms with Crippen LogP contribution < -0.4 is 14.8 Å². The van der Waals surface area contributed by atoms with Crippen molar-refractivity contribution in [1.82, 2.24) is 4.31 Å². The summed E-state index contributed by atoms with van der Waals surface area (Å²) in [7, 11) is -0.899. The number of hydrogen-bond donors (Lipinski definition) is 1. The van der Waals surface area contributed by atoms with Crippen LogP contribution in [-0.2, 0) is 14.8 Å². The van der Waals surface area contributed by atoms with Crippen molar-refractivity contribution >= 4 is 27.3 Å². The fourth-order valence-corrected chi connectivity index (χ4v) is 5.34. The summed E-state index contributed by atoms with van der Waals surface area (Å²) in [4.78, 5) is 23.1. The van der Waals surface area contributed by atoms with E-state index in [1.807, 2.05) is 0 Å². The zero-order valence-electron chi connectivity index (χ0n) is 18.0. The first-order valence-corrected chi connectivity index (χ1v) is 11.4. The van der Waals surface area contributed by atoms with Crippen LogP contribution in [0, 0.1) is 23.0 Å². The predicted molar refractivity (Wildman–Crippen MR) is 117 cm³/mol. The molecule has 0 spiro atoms. The maximum Gasteiger partial charge on any atom is 0.270 e. The van der Waals surface area contributed by atoms with Crippen molar-refractivity contribution in [2.75, 3.05) is 32.6 Å². The second-order valence-corrected chi connectivity index (χ2v) is 9.35. The Morgan fingerprint density at radius 3 is 2.41 bits per heavy atom. The van der Waals surface area contributed by atoms with Crippen LogP contribution in [0.1, 0.15) is 18.4 Å². The van der Waals surface area contributed by atoms with Crippen molar-refractivity contribution in [1.29, 1.82) is 0 Å². The molecule has 0 unspecified atom stereocenters. The maximum absolute atomic E-state index is 13.1. The molecular formula is C21H25N3O7S. The Bertz CT molecular complexity index is 1130. The zero-order valence-corrected chi connectivity index (χ0v) is 18.8. The number of hydrogen-bond acceptors (Lipinski definition) is 7. The Hall–Kier alpha value is -3.18. The van der Waals surface area contributed by atoms with Gasteiger partial charge in [0.05, 0.1) is 29.7 Å². The van der Waals surface area contributed by atoms with E-state index in [1.54, 1.807) is 25.1 Å². The summed E-state index contributed by atoms with van der Waals surface area (Å²) in [6, 6.07) is 8.84. The molecule has 2 aromatic rings. The van der Waals surface area contributed by atoms with Crippen LogP contribution >= 0.6 is 0 Å². The molecule has 1 N–H and O–H groups in total. The first-order chi connectivity index (χ1) is 15.2. The topological polar surface area (TPSA) is 128 Å². The number of amides is 1. The summed E-state index contributed by atoms with van der Waals surface area (Å²) in [5.74, 6) is 0.429. The highest BCUT2D eigenvalue weighted by molar-refractivity contribution is 7.89. The SMILES string of the molecule is COc1ccc(OC)c(NC(=O)C2CCN(S(=O)(=O)c3cc([N+](=O)[O-])ccc3C)CC2)c1. The van der Waals surface area contributed by atoms with E-state index in [-0.39, 0.29) is 35.5 Å². The van der Waals surface area contributed by atoms with E-state index in [4.69, 9.17) is 9.47 Å². The van der Waals surface area contributed by atoms with Gasteiger partial charge in [0.15, 0.2) is 0 Å². The second-order valence-electron chi connectivity index (χ2n) is 7.44. The Morgan fingerprint density at radius 2 is 1.81 bits per heavy atom. The number of anilines is 1. The van der Waals surface area contributed by atoms with E-state index < -0.39 is 14.9 Å². The molecular weight excluding hydrogens is 438 g/mol. The molecule has 11 heteroatoms. The molecule has 32 heavy (non-hydrogen) atoms. The first kappa shape index (κ1) is 23.5. The molecule has 1 heterocycles. The quantitative estimate of drug-likeness (QED) is 0.494. The predicted octanol–water partition coefficient (Wildman–Crippen LogP) is 2.96. The number of carbonyl (C=O) groups is 1. The molecule has 1 amide bonds. The van der Waals surface area contributed by atoms with Gasteiger partial charge >= 0.3 is 0 Å². The number of methoxy groups -OCH3 is 2. The Labute approximate surface area is 186 Å². The number of carbonyl (C=O) groups excluding carboxylic acids is 1. The van der Waals surface area contributed by atoms with E-state index in [0.29, 0.717) is 35.6 Å². The van der Waals surface area contributed by atoms with Gasteiger partial charge in [-0.25, -0.2) is 8.42 Å². The van der Waals surface area contributed by atoms with Gasteiger partial charge in [-0.15, -0.1) is 0 Å². The molecule has 1 aliphatic rings. The van der Waals surface area contributed by atoms with Gasteiger partial charge in [-0.2, -0.15) is 4.31 Å². The number of piperidine rings is 1. The van der Waals surface area contributed by atoms with Gasteiger partial charge in [-0.3, -0.25) is 14.9 Å². The van der Waals surface area contributed by atoms with Crippen LogP contribution in [0.4, 0.5) is 11.4 Å². The minimum absolute atomic E-state index is 0.0873. The van der Waals surface area contributed by atoms with Crippen LogP contribution in [0.25, 0.3) is 0 Å². The highest BCUT2D eigenvalue weighted by Crippen LogP contribution is 2.32. The van der Waals surface area contributed by atoms with Crippen molar-refractivity contribution in [3.8, 4) is 11.5 Å². The van der Waals surface area contributed by atoms with Crippen molar-refractivity contribution in [2.24, 2.45) is 5.92 Å². The summed E-state index contributed by atoms with van der Waals surface area (Å²) in [5, 5.41) is 13.9. The van der Waals surface area contributed by atoms with E-state index in [9.17, 15) is 23.3 Å². The van der Waals surface area contributed by atoms with Crippen LogP contribution in [0.3, 0.4) is 0 Å². The minimum Gasteiger partial charge on any atom is -0.497 e. The number of sulfonamides is 1. The molecule has 0 bridgehead atoms. The standard InChI is InChI=1S/C21H25N3O7S/c1-14-4-5-16(24(26)27)12-20(14)32(28,29)23-10-8-15(9-11-23)21(25)22-18-13-17(30-2)6-7-19(18)31-3/h4-7,12-13,15H,8-11H2,1-3H3,(H,22,25). The largest absolute Gasteiger partial charge is 0.497 e. The molecule has 0 aromatic heterocycles. The lowest BCUT2D eigenvalue weighted by atomic mass is 9.97. The molecule has 1 aliphatic heterocycles. The highest BCUT2D eigenvalue weighted by Gasteiger charge is 2.34. The third kappa shape index (κ3) is 4.83. The zero-order chi connectivity index (χ0) is 23.5. The van der Waals surface area contributed by atoms with Crippen molar-refractivity contribution < 1.29 is 27.6 Å². The Morgan fingerprint density at radius 1 is 1.12 bits per heavy atom. The fourth-order valence-electron chi connectivity index (χ4n) is 3.62. The number of nitro benzene ring substituents is 1. The number of benzene rings is 2. The number of nitrogens with zero attached hydrogens (tertiary/aromatic N) is 2. The van der Waals surface area contributed by atoms with E-state index >= 15 is 0 Å². The number of rotatable bonds is 7. The number of nitrogens with one attached hydrogen (secondary N) is 1. The molecule has 0 aliphatic carbocycles. The maximum atomic E-state index is 13.1. The third-order valence-electron chi connectivity index (χ3n) is 5.49.